The van der Waals surface area contributed by atoms with Crippen molar-refractivity contribution >= 4 is 21.6 Å². The van der Waals surface area contributed by atoms with Crippen LogP contribution >= 0.6 is 0 Å². The van der Waals surface area contributed by atoms with Crippen molar-refractivity contribution in [3.05, 3.63) is 42.5 Å². The van der Waals surface area contributed by atoms with E-state index in [1.165, 1.54) is 32.4 Å². The third-order valence-corrected chi connectivity index (χ3v) is 5.95. The van der Waals surface area contributed by atoms with E-state index in [0.717, 1.165) is 4.31 Å². The van der Waals surface area contributed by atoms with Crippen LogP contribution in [0.5, 0.6) is 17.2 Å². The van der Waals surface area contributed by atoms with Crippen LogP contribution in [0.1, 0.15) is 27.7 Å². The highest BCUT2D eigenvalue weighted by atomic mass is 32.2. The van der Waals surface area contributed by atoms with Crippen LogP contribution in [-0.4, -0.2) is 47.2 Å². The van der Waals surface area contributed by atoms with Gasteiger partial charge in [-0.2, -0.15) is 0 Å². The van der Waals surface area contributed by atoms with Crippen LogP contribution in [0, 0.1) is 0 Å². The fourth-order valence-electron chi connectivity index (χ4n) is 2.88. The van der Waals surface area contributed by atoms with E-state index in [4.69, 9.17) is 14.2 Å². The van der Waals surface area contributed by atoms with Gasteiger partial charge < -0.3 is 19.5 Å². The minimum Gasteiger partial charge on any atom is -0.494 e. The molecule has 0 aliphatic heterocycles. The van der Waals surface area contributed by atoms with E-state index >= 15 is 0 Å². The Morgan fingerprint density at radius 1 is 1.00 bits per heavy atom. The third-order valence-electron chi connectivity index (χ3n) is 4.18. The number of nitrogens with zero attached hydrogens (tertiary/aromatic N) is 1. The smallest absolute Gasteiger partial charge is 0.264 e. The molecular formula is C22H30N2O6S. The lowest BCUT2D eigenvalue weighted by Gasteiger charge is -2.27. The molecule has 2 aromatic carbocycles. The predicted octanol–water partition coefficient (Wildman–Crippen LogP) is 3.21. The molecule has 0 radical (unpaired) electrons. The topological polar surface area (TPSA) is 94.2 Å². The highest BCUT2D eigenvalue weighted by Crippen LogP contribution is 2.32. The number of amides is 1. The van der Waals surface area contributed by atoms with Crippen LogP contribution in [0.25, 0.3) is 0 Å². The van der Waals surface area contributed by atoms with Crippen LogP contribution in [0.3, 0.4) is 0 Å². The van der Waals surface area contributed by atoms with Crippen LogP contribution in [0.15, 0.2) is 47.4 Å². The van der Waals surface area contributed by atoms with Crippen molar-refractivity contribution < 1.29 is 27.4 Å². The maximum Gasteiger partial charge on any atom is 0.264 e. The van der Waals surface area contributed by atoms with Crippen molar-refractivity contribution in [2.45, 2.75) is 38.1 Å². The average Bonchev–Trinajstić information content (AvgIpc) is 2.71. The molecule has 0 unspecified atom stereocenters. The first-order valence-electron chi connectivity index (χ1n) is 9.80. The van der Waals surface area contributed by atoms with E-state index in [2.05, 4.69) is 5.32 Å². The molecular weight excluding hydrogens is 420 g/mol. The molecule has 0 aromatic heterocycles. The summed E-state index contributed by atoms with van der Waals surface area (Å²) in [6, 6.07) is 10.8. The molecule has 0 fully saturated rings. The summed E-state index contributed by atoms with van der Waals surface area (Å²) in [5.41, 5.74) is -0.170. The van der Waals surface area contributed by atoms with Crippen LogP contribution < -0.4 is 23.8 Å². The van der Waals surface area contributed by atoms with Gasteiger partial charge in [-0.15, -0.1) is 0 Å². The number of sulfonamides is 1. The van der Waals surface area contributed by atoms with Gasteiger partial charge in [0.25, 0.3) is 10.0 Å². The zero-order valence-electron chi connectivity index (χ0n) is 18.8. The Labute approximate surface area is 184 Å². The standard InChI is InChI=1S/C22H30N2O6S/c1-7-30-17-10-8-16(9-11-17)24(15-21(25)23-22(2,3)4)31(26,27)18-12-13-19(28-5)20(14-18)29-6/h8-14H,7,15H2,1-6H3,(H,23,25). The van der Waals surface area contributed by atoms with Gasteiger partial charge in [0, 0.05) is 11.6 Å². The molecule has 0 atom stereocenters. The first-order valence-corrected chi connectivity index (χ1v) is 11.2. The molecule has 0 bridgehead atoms. The SMILES string of the molecule is CCOc1ccc(N(CC(=O)NC(C)(C)C)S(=O)(=O)c2ccc(OC)c(OC)c2)cc1. The fraction of sp³-hybridized carbons (Fsp3) is 0.409. The zero-order valence-corrected chi connectivity index (χ0v) is 19.6. The first kappa shape index (κ1) is 24.3. The molecule has 0 heterocycles. The van der Waals surface area contributed by atoms with Gasteiger partial charge in [-0.3, -0.25) is 9.10 Å². The Morgan fingerprint density at radius 2 is 1.61 bits per heavy atom. The lowest BCUT2D eigenvalue weighted by Crippen LogP contribution is -2.47. The van der Waals surface area contributed by atoms with Crippen molar-refractivity contribution in [1.29, 1.82) is 0 Å². The molecule has 0 spiro atoms. The maximum absolute atomic E-state index is 13.5. The van der Waals surface area contributed by atoms with Gasteiger partial charge in [-0.25, -0.2) is 8.42 Å². The summed E-state index contributed by atoms with van der Waals surface area (Å²) in [5.74, 6) is 0.855. The van der Waals surface area contributed by atoms with Gasteiger partial charge in [0.15, 0.2) is 11.5 Å². The van der Waals surface area contributed by atoms with E-state index in [9.17, 15) is 13.2 Å². The average molecular weight is 451 g/mol. The second kappa shape index (κ2) is 9.91. The van der Waals surface area contributed by atoms with Gasteiger partial charge in [0.2, 0.25) is 5.91 Å². The second-order valence-corrected chi connectivity index (χ2v) is 9.62. The Hall–Kier alpha value is -2.94. The lowest BCUT2D eigenvalue weighted by molar-refractivity contribution is -0.121. The van der Waals surface area contributed by atoms with E-state index in [1.807, 2.05) is 27.7 Å². The van der Waals surface area contributed by atoms with Crippen LogP contribution in [0.2, 0.25) is 0 Å². The number of anilines is 1. The van der Waals surface area contributed by atoms with Gasteiger partial charge in [-0.05, 0) is 64.1 Å². The van der Waals surface area contributed by atoms with Crippen molar-refractivity contribution in [3.63, 3.8) is 0 Å². The van der Waals surface area contributed by atoms with Crippen molar-refractivity contribution in [1.82, 2.24) is 5.32 Å². The number of ether oxygens (including phenoxy) is 3. The molecule has 8 nitrogen and oxygen atoms in total. The molecule has 9 heteroatoms. The Morgan fingerprint density at radius 3 is 2.13 bits per heavy atom. The number of hydrogen-bond acceptors (Lipinski definition) is 6. The summed E-state index contributed by atoms with van der Waals surface area (Å²) < 4.78 is 44.0. The molecule has 0 aliphatic carbocycles. The van der Waals surface area contributed by atoms with Gasteiger partial charge >= 0.3 is 0 Å². The highest BCUT2D eigenvalue weighted by molar-refractivity contribution is 7.92. The summed E-state index contributed by atoms with van der Waals surface area (Å²) in [6.45, 7) is 7.44. The quantitative estimate of drug-likeness (QED) is 0.630. The van der Waals surface area contributed by atoms with Gasteiger partial charge in [-0.1, -0.05) is 0 Å². The molecule has 0 saturated carbocycles. The molecule has 2 rings (SSSR count). The van der Waals surface area contributed by atoms with Crippen LogP contribution in [-0.2, 0) is 14.8 Å². The number of nitrogens with one attached hydrogen (secondary N) is 1. The highest BCUT2D eigenvalue weighted by Gasteiger charge is 2.29. The summed E-state index contributed by atoms with van der Waals surface area (Å²) in [5, 5.41) is 2.80. The minimum atomic E-state index is -4.09. The van der Waals surface area contributed by atoms with E-state index < -0.39 is 21.5 Å². The third kappa shape index (κ3) is 6.27. The normalized spacial score (nSPS) is 11.5. The van der Waals surface area contributed by atoms with Crippen molar-refractivity contribution in [2.75, 3.05) is 31.7 Å². The number of rotatable bonds is 9. The van der Waals surface area contributed by atoms with Gasteiger partial charge in [0.1, 0.15) is 12.3 Å². The molecule has 31 heavy (non-hydrogen) atoms. The summed E-state index contributed by atoms with van der Waals surface area (Å²) in [7, 11) is -1.20. The fourth-order valence-corrected chi connectivity index (χ4v) is 4.32. The van der Waals surface area contributed by atoms with E-state index in [0.29, 0.717) is 23.8 Å². The number of carbonyl (C=O) groups excluding carboxylic acids is 1. The first-order chi connectivity index (χ1) is 14.5. The molecule has 1 N–H and O–H groups in total. The number of carbonyl (C=O) groups is 1. The molecule has 0 saturated heterocycles. The Bertz CT molecular complexity index is 998. The summed E-state index contributed by atoms with van der Waals surface area (Å²) in [6.07, 6.45) is 0. The predicted molar refractivity (Wildman–Crippen MR) is 120 cm³/mol. The molecule has 0 aliphatic rings. The molecule has 2 aromatic rings. The Kier molecular flexibility index (Phi) is 7.78. The minimum absolute atomic E-state index is 0.0254. The lowest BCUT2D eigenvalue weighted by atomic mass is 10.1. The zero-order chi connectivity index (χ0) is 23.2. The van der Waals surface area contributed by atoms with Gasteiger partial charge in [0.05, 0.1) is 31.4 Å². The maximum atomic E-state index is 13.5. The van der Waals surface area contributed by atoms with Crippen molar-refractivity contribution in [3.8, 4) is 17.2 Å². The molecule has 170 valence electrons. The summed E-state index contributed by atoms with van der Waals surface area (Å²) in [4.78, 5) is 12.6. The van der Waals surface area contributed by atoms with E-state index in [1.54, 1.807) is 24.3 Å². The summed E-state index contributed by atoms with van der Waals surface area (Å²) >= 11 is 0. The Balaban J connectivity index is 2.50. The van der Waals surface area contributed by atoms with E-state index in [-0.39, 0.29) is 17.2 Å². The van der Waals surface area contributed by atoms with Crippen molar-refractivity contribution in [2.24, 2.45) is 0 Å². The monoisotopic (exact) mass is 450 g/mol. The largest absolute Gasteiger partial charge is 0.494 e. The number of hydrogen-bond donors (Lipinski definition) is 1. The second-order valence-electron chi connectivity index (χ2n) is 7.75. The molecule has 1 amide bonds. The number of benzene rings is 2. The number of methoxy groups -OCH3 is 2. The van der Waals surface area contributed by atoms with Crippen LogP contribution in [0.4, 0.5) is 5.69 Å².